The Morgan fingerprint density at radius 1 is 0.627 bits per heavy atom. The van der Waals surface area contributed by atoms with Gasteiger partial charge < -0.3 is 29.5 Å². The first-order valence-corrected chi connectivity index (χ1v) is 25.1. The van der Waals surface area contributed by atoms with E-state index in [9.17, 15) is 37.1 Å². The van der Waals surface area contributed by atoms with Gasteiger partial charge in [-0.3, -0.25) is 20.2 Å². The first-order valence-electron chi connectivity index (χ1n) is 21.3. The van der Waals surface area contributed by atoms with Crippen LogP contribution in [0.15, 0.2) is 80.0 Å². The van der Waals surface area contributed by atoms with Gasteiger partial charge in [-0.15, -0.1) is 0 Å². The number of aromatic nitrogens is 8. The molecule has 2 aliphatic heterocycles. The summed E-state index contributed by atoms with van der Waals surface area (Å²) in [6, 6.07) is 11.8. The van der Waals surface area contributed by atoms with E-state index in [4.69, 9.17) is 9.05 Å². The highest BCUT2D eigenvalue weighted by Crippen LogP contribution is 2.39. The lowest BCUT2D eigenvalue weighted by Gasteiger charge is -2.30. The largest absolute Gasteiger partial charge is 0.353 e. The summed E-state index contributed by atoms with van der Waals surface area (Å²) in [5, 5.41) is 37.7. The van der Waals surface area contributed by atoms with E-state index in [1.807, 2.05) is 16.7 Å². The van der Waals surface area contributed by atoms with E-state index >= 15 is 0 Å². The number of piperidine rings is 2. The molecule has 2 saturated heterocycles. The third-order valence-corrected chi connectivity index (χ3v) is 13.4. The maximum Gasteiger partial charge on any atom is 0.353 e. The van der Waals surface area contributed by atoms with Gasteiger partial charge in [0.15, 0.2) is 31.3 Å². The molecule has 6 heterocycles. The summed E-state index contributed by atoms with van der Waals surface area (Å²) >= 11 is 0. The van der Waals surface area contributed by atoms with Gasteiger partial charge in [0.05, 0.1) is 19.6 Å². The van der Waals surface area contributed by atoms with E-state index in [0.29, 0.717) is 93.1 Å². The van der Waals surface area contributed by atoms with Gasteiger partial charge in [-0.25, -0.2) is 36.8 Å². The summed E-state index contributed by atoms with van der Waals surface area (Å²) in [4.78, 5) is 52.3. The van der Waals surface area contributed by atoms with E-state index in [0.717, 1.165) is 25.4 Å². The number of aryl methyl sites for hydroxylation is 2. The van der Waals surface area contributed by atoms with Crippen LogP contribution in [-0.4, -0.2) is 106 Å². The van der Waals surface area contributed by atoms with Crippen molar-refractivity contribution >= 4 is 65.7 Å². The molecule has 0 unspecified atom stereocenters. The van der Waals surface area contributed by atoms with Gasteiger partial charge >= 0.3 is 11.4 Å². The molecule has 2 fully saturated rings. The molecule has 0 radical (unpaired) electrons. The van der Waals surface area contributed by atoms with Crippen molar-refractivity contribution < 1.29 is 35.7 Å². The zero-order valence-corrected chi connectivity index (χ0v) is 38.6. The zero-order chi connectivity index (χ0) is 47.9. The Morgan fingerprint density at radius 3 is 1.36 bits per heavy atom. The van der Waals surface area contributed by atoms with Crippen LogP contribution in [0.4, 0.5) is 46.0 Å². The molecule has 0 saturated carbocycles. The third-order valence-electron chi connectivity index (χ3n) is 11.1. The summed E-state index contributed by atoms with van der Waals surface area (Å²) in [6.07, 6.45) is 9.96. The van der Waals surface area contributed by atoms with Gasteiger partial charge in [-0.1, -0.05) is 24.2 Å². The number of benzene rings is 2. The molecule has 0 atom stereocenters. The van der Waals surface area contributed by atoms with Crippen molar-refractivity contribution in [2.45, 2.75) is 80.4 Å². The molecule has 0 spiro atoms. The number of nitrogens with zero attached hydrogens (tertiary/aromatic N) is 12. The Balaban J connectivity index is 0.000000199. The quantitative estimate of drug-likeness (QED) is 0.0865. The van der Waals surface area contributed by atoms with Gasteiger partial charge in [-0.2, -0.15) is 9.97 Å². The maximum absolute atomic E-state index is 12.0. The molecule has 26 heteroatoms. The highest BCUT2D eigenvalue weighted by molar-refractivity contribution is 7.91. The lowest BCUT2D eigenvalue weighted by molar-refractivity contribution is -0.383. The van der Waals surface area contributed by atoms with Crippen molar-refractivity contribution in [1.29, 1.82) is 0 Å². The molecule has 4 aromatic heterocycles. The Morgan fingerprint density at radius 2 is 1.01 bits per heavy atom. The number of hydrogen-bond acceptors (Lipinski definition) is 22. The number of hydrogen-bond donors (Lipinski definition) is 2. The van der Waals surface area contributed by atoms with Gasteiger partial charge in [0, 0.05) is 74.7 Å². The van der Waals surface area contributed by atoms with E-state index in [-0.39, 0.29) is 56.3 Å². The smallest absolute Gasteiger partial charge is 0.351 e. The Kier molecular flexibility index (Phi) is 14.6. The molecule has 0 aliphatic carbocycles. The van der Waals surface area contributed by atoms with Gasteiger partial charge in [0.1, 0.15) is 12.7 Å². The number of anilines is 6. The second-order valence-electron chi connectivity index (χ2n) is 15.9. The van der Waals surface area contributed by atoms with Crippen molar-refractivity contribution in [1.82, 2.24) is 40.2 Å². The van der Waals surface area contributed by atoms with Crippen molar-refractivity contribution in [3.05, 3.63) is 105 Å². The van der Waals surface area contributed by atoms with Gasteiger partial charge in [0.2, 0.25) is 35.1 Å². The summed E-state index contributed by atoms with van der Waals surface area (Å²) in [5.41, 5.74) is 0.459. The second kappa shape index (κ2) is 20.5. The van der Waals surface area contributed by atoms with E-state index in [1.165, 1.54) is 61.2 Å². The predicted molar refractivity (Wildman–Crippen MR) is 243 cm³/mol. The van der Waals surface area contributed by atoms with Gasteiger partial charge in [0.25, 0.3) is 0 Å². The summed E-state index contributed by atoms with van der Waals surface area (Å²) in [6.45, 7) is 6.16. The Labute approximate surface area is 384 Å². The molecule has 2 aromatic carbocycles. The average molecular weight is 961 g/mol. The van der Waals surface area contributed by atoms with Crippen LogP contribution in [0.5, 0.6) is 0 Å². The van der Waals surface area contributed by atoms with E-state index < -0.39 is 29.5 Å². The van der Waals surface area contributed by atoms with Crippen LogP contribution < -0.4 is 20.4 Å². The van der Waals surface area contributed by atoms with Crippen molar-refractivity contribution in [3.8, 4) is 0 Å². The Hall–Kier alpha value is -7.22. The van der Waals surface area contributed by atoms with Crippen LogP contribution in [0, 0.1) is 20.2 Å². The summed E-state index contributed by atoms with van der Waals surface area (Å²) in [7, 11) is -6.69. The fourth-order valence-electron chi connectivity index (χ4n) is 7.58. The molecular formula is C41H48N14O10S2. The van der Waals surface area contributed by atoms with Crippen LogP contribution in [-0.2, 0) is 32.5 Å². The minimum atomic E-state index is -3.35. The van der Waals surface area contributed by atoms with Crippen molar-refractivity contribution in [3.63, 3.8) is 0 Å². The molecule has 2 N–H and O–H groups in total. The molecule has 354 valence electrons. The average Bonchev–Trinajstić information content (AvgIpc) is 4.00. The van der Waals surface area contributed by atoms with Crippen molar-refractivity contribution in [2.75, 3.05) is 59.1 Å². The highest BCUT2D eigenvalue weighted by Gasteiger charge is 2.34. The lowest BCUT2D eigenvalue weighted by atomic mass is 9.96. The van der Waals surface area contributed by atoms with Crippen LogP contribution in [0.3, 0.4) is 0 Å². The van der Waals surface area contributed by atoms with Crippen LogP contribution in [0.25, 0.3) is 0 Å². The fraction of sp³-hybridized carbons (Fsp3) is 0.415. The van der Waals surface area contributed by atoms with Crippen LogP contribution >= 0.6 is 0 Å². The topological polar surface area (TPSA) is 314 Å². The number of nitrogens with one attached hydrogen (secondary N) is 2. The molecule has 2 aliphatic rings. The minimum absolute atomic E-state index is 0.0312. The van der Waals surface area contributed by atoms with E-state index in [2.05, 4.69) is 57.8 Å². The monoisotopic (exact) mass is 960 g/mol. The summed E-state index contributed by atoms with van der Waals surface area (Å²) in [5.74, 6) is 3.29. The predicted octanol–water partition coefficient (Wildman–Crippen LogP) is 6.11. The maximum atomic E-state index is 12.0. The second-order valence-corrected chi connectivity index (χ2v) is 19.9. The third kappa shape index (κ3) is 11.6. The first kappa shape index (κ1) is 47.7. The summed E-state index contributed by atoms with van der Waals surface area (Å²) < 4.78 is 57.4. The number of nitro groups is 2. The highest BCUT2D eigenvalue weighted by atomic mass is 32.2. The molecular weight excluding hydrogens is 913 g/mol. The van der Waals surface area contributed by atoms with E-state index in [1.54, 1.807) is 0 Å². The molecule has 0 bridgehead atoms. The minimum Gasteiger partial charge on any atom is -0.351 e. The number of rotatable bonds is 15. The van der Waals surface area contributed by atoms with Crippen LogP contribution in [0.2, 0.25) is 0 Å². The normalized spacial score (nSPS) is 14.9. The standard InChI is InChI=1S/C21H25N7O5S.C20H23N7O5S/c1-3-4-17-25-21(33-26-17)14-9-11-27(12-10-14)20-18(28(29)30)19(22-13-23-20)24-15-5-7-16(8-6-15)34(2,31)32;1-3-16-24-20(32-25-16)13-8-10-26(11-9-13)19-17(27(28)29)18(21-12-22-19)23-14-4-6-15(7-5-14)33(2,30)31/h5-8,13-14H,3-4,9-12H2,1-2H3,(H,22,23,24);4-7,12-13H,3,8-11H2,1-2H3,(H,21,22,23). The molecule has 24 nitrogen and oxygen atoms in total. The van der Waals surface area contributed by atoms with Gasteiger partial charge in [-0.05, 0) is 80.6 Å². The fourth-order valence-corrected chi connectivity index (χ4v) is 8.84. The molecule has 67 heavy (non-hydrogen) atoms. The first-order chi connectivity index (χ1) is 32.0. The number of sulfone groups is 2. The molecule has 6 aromatic rings. The lowest BCUT2D eigenvalue weighted by Crippen LogP contribution is -2.34. The SMILES string of the molecule is CCCc1noc(C2CCN(c3ncnc(Nc4ccc(S(C)(=O)=O)cc4)c3[N+](=O)[O-])CC2)n1.CCc1noc(C2CCN(c3ncnc(Nc4ccc(S(C)(=O)=O)cc4)c3[N+](=O)[O-])CC2)n1. The van der Waals surface area contributed by atoms with Crippen molar-refractivity contribution in [2.24, 2.45) is 0 Å². The molecule has 0 amide bonds. The Bertz CT molecular complexity index is 2920. The van der Waals surface area contributed by atoms with Crippen LogP contribution in [0.1, 0.15) is 81.2 Å². The molecule has 8 rings (SSSR count). The zero-order valence-electron chi connectivity index (χ0n) is 37.0.